The van der Waals surface area contributed by atoms with Crippen molar-refractivity contribution in [2.45, 2.75) is 77.0 Å². The van der Waals surface area contributed by atoms with Crippen LogP contribution in [0.5, 0.6) is 0 Å². The molecule has 3 nitrogen and oxygen atoms in total. The summed E-state index contributed by atoms with van der Waals surface area (Å²) in [5.74, 6) is 1.54. The fourth-order valence-electron chi connectivity index (χ4n) is 3.90. The van der Waals surface area contributed by atoms with Gasteiger partial charge in [0.2, 0.25) is 0 Å². The summed E-state index contributed by atoms with van der Waals surface area (Å²) in [5, 5.41) is 8.52. The molecule has 0 atom stereocenters. The first kappa shape index (κ1) is 15.5. The number of aromatic amines is 1. The van der Waals surface area contributed by atoms with Crippen LogP contribution in [0.4, 0.5) is 0 Å². The molecule has 2 aromatic rings. The van der Waals surface area contributed by atoms with E-state index in [0.29, 0.717) is 5.92 Å². The number of pyridine rings is 1. The second-order valence-corrected chi connectivity index (χ2v) is 7.11. The molecule has 1 saturated carbocycles. The summed E-state index contributed by atoms with van der Waals surface area (Å²) in [7, 11) is 0. The maximum atomic E-state index is 4.72. The van der Waals surface area contributed by atoms with Crippen molar-refractivity contribution in [3.8, 4) is 0 Å². The number of hydrogen-bond acceptors (Lipinski definition) is 2. The van der Waals surface area contributed by atoms with Gasteiger partial charge in [-0.3, -0.25) is 10.1 Å². The summed E-state index contributed by atoms with van der Waals surface area (Å²) >= 11 is 0. The first-order chi connectivity index (χ1) is 10.8. The summed E-state index contributed by atoms with van der Waals surface area (Å²) < 4.78 is 0. The van der Waals surface area contributed by atoms with Crippen LogP contribution in [0, 0.1) is 5.92 Å². The van der Waals surface area contributed by atoms with E-state index in [-0.39, 0.29) is 0 Å². The van der Waals surface area contributed by atoms with E-state index >= 15 is 0 Å². The van der Waals surface area contributed by atoms with Gasteiger partial charge in [-0.05, 0) is 24.8 Å². The molecule has 0 radical (unpaired) electrons. The highest BCUT2D eigenvalue weighted by Crippen LogP contribution is 2.32. The van der Waals surface area contributed by atoms with Crippen LogP contribution in [0.2, 0.25) is 0 Å². The number of nitrogens with one attached hydrogen (secondary N) is 1. The third-order valence-corrected chi connectivity index (χ3v) is 5.29. The molecule has 0 spiro atoms. The fraction of sp³-hybridized carbons (Fsp3) is 0.684. The molecule has 1 N–H and O–H groups in total. The van der Waals surface area contributed by atoms with Crippen molar-refractivity contribution in [2.24, 2.45) is 5.92 Å². The molecule has 0 unspecified atom stereocenters. The minimum absolute atomic E-state index is 0.609. The van der Waals surface area contributed by atoms with E-state index in [2.05, 4.69) is 17.1 Å². The molecule has 0 bridgehead atoms. The maximum Gasteiger partial charge on any atom is 0.0684 e. The molecule has 1 fully saturated rings. The molecular formula is C19H29N3. The number of nitrogens with zero attached hydrogens (tertiary/aromatic N) is 2. The Morgan fingerprint density at radius 1 is 0.955 bits per heavy atom. The molecule has 3 rings (SSSR count). The monoisotopic (exact) mass is 299 g/mol. The summed E-state index contributed by atoms with van der Waals surface area (Å²) in [6, 6.07) is 2.03. The summed E-state index contributed by atoms with van der Waals surface area (Å²) in [6.07, 6.45) is 17.5. The van der Waals surface area contributed by atoms with Gasteiger partial charge in [-0.2, -0.15) is 5.10 Å². The summed E-state index contributed by atoms with van der Waals surface area (Å²) in [5.41, 5.74) is 2.40. The van der Waals surface area contributed by atoms with E-state index in [1.165, 1.54) is 75.3 Å². The Hall–Kier alpha value is -1.38. The molecule has 0 aromatic carbocycles. The van der Waals surface area contributed by atoms with E-state index in [1.54, 1.807) is 0 Å². The van der Waals surface area contributed by atoms with Crippen molar-refractivity contribution >= 4 is 10.9 Å². The Balaban J connectivity index is 1.71. The topological polar surface area (TPSA) is 41.6 Å². The van der Waals surface area contributed by atoms with Gasteiger partial charge >= 0.3 is 0 Å². The quantitative estimate of drug-likeness (QED) is 0.745. The van der Waals surface area contributed by atoms with Crippen LogP contribution in [0.25, 0.3) is 10.9 Å². The lowest BCUT2D eigenvalue weighted by Gasteiger charge is -2.19. The molecular weight excluding hydrogens is 270 g/mol. The van der Waals surface area contributed by atoms with Crippen LogP contribution in [0.3, 0.4) is 0 Å². The average Bonchev–Trinajstić information content (AvgIpc) is 2.99. The third kappa shape index (κ3) is 3.88. The number of fused-ring (bicyclic) bond motifs is 1. The zero-order valence-electron chi connectivity index (χ0n) is 13.9. The van der Waals surface area contributed by atoms with Crippen molar-refractivity contribution in [3.63, 3.8) is 0 Å². The SMILES string of the molecule is CC1CCCCCC(c2nccc3[nH]ncc23)CCCCC1. The molecule has 0 aliphatic heterocycles. The molecule has 2 aromatic heterocycles. The standard InChI is InChI=1S/C19H29N3/c1-15-8-4-2-6-10-16(11-7-3-5-9-15)19-17-14-21-22-18(17)12-13-20-19/h12-16H,2-11H2,1H3,(H,21,22). The van der Waals surface area contributed by atoms with Crippen LogP contribution in [-0.4, -0.2) is 15.2 Å². The Morgan fingerprint density at radius 3 is 2.36 bits per heavy atom. The molecule has 3 heteroatoms. The van der Waals surface area contributed by atoms with Crippen molar-refractivity contribution in [1.29, 1.82) is 0 Å². The zero-order valence-corrected chi connectivity index (χ0v) is 13.9. The molecule has 1 aliphatic rings. The largest absolute Gasteiger partial charge is 0.278 e. The lowest BCUT2D eigenvalue weighted by Crippen LogP contribution is -2.04. The molecule has 1 aliphatic carbocycles. The number of hydrogen-bond donors (Lipinski definition) is 1. The Kier molecular flexibility index (Phi) is 5.47. The lowest BCUT2D eigenvalue weighted by atomic mass is 9.87. The highest BCUT2D eigenvalue weighted by molar-refractivity contribution is 5.80. The van der Waals surface area contributed by atoms with Gasteiger partial charge in [0.15, 0.2) is 0 Å². The minimum Gasteiger partial charge on any atom is -0.278 e. The van der Waals surface area contributed by atoms with E-state index in [4.69, 9.17) is 4.98 Å². The highest BCUT2D eigenvalue weighted by Gasteiger charge is 2.17. The number of aromatic nitrogens is 3. The van der Waals surface area contributed by atoms with Crippen molar-refractivity contribution in [2.75, 3.05) is 0 Å². The maximum absolute atomic E-state index is 4.72. The van der Waals surface area contributed by atoms with Crippen LogP contribution < -0.4 is 0 Å². The van der Waals surface area contributed by atoms with E-state index in [9.17, 15) is 0 Å². The Bertz CT molecular complexity index is 561. The van der Waals surface area contributed by atoms with Gasteiger partial charge in [0.25, 0.3) is 0 Å². The van der Waals surface area contributed by atoms with Gasteiger partial charge in [0, 0.05) is 17.5 Å². The van der Waals surface area contributed by atoms with Crippen molar-refractivity contribution in [1.82, 2.24) is 15.2 Å². The predicted molar refractivity (Wildman–Crippen MR) is 92.0 cm³/mol. The van der Waals surface area contributed by atoms with Crippen molar-refractivity contribution < 1.29 is 0 Å². The minimum atomic E-state index is 0.609. The van der Waals surface area contributed by atoms with Crippen LogP contribution in [-0.2, 0) is 0 Å². The van der Waals surface area contributed by atoms with Gasteiger partial charge < -0.3 is 0 Å². The van der Waals surface area contributed by atoms with Gasteiger partial charge in [-0.15, -0.1) is 0 Å². The predicted octanol–water partition coefficient (Wildman–Crippen LogP) is 5.59. The number of H-pyrrole nitrogens is 1. The zero-order chi connectivity index (χ0) is 15.2. The normalized spacial score (nSPS) is 25.5. The first-order valence-electron chi connectivity index (χ1n) is 9.12. The summed E-state index contributed by atoms with van der Waals surface area (Å²) in [6.45, 7) is 2.43. The van der Waals surface area contributed by atoms with Gasteiger partial charge in [-0.25, -0.2) is 0 Å². The van der Waals surface area contributed by atoms with Crippen molar-refractivity contribution in [3.05, 3.63) is 24.2 Å². The Labute approximate surface area is 133 Å². The Morgan fingerprint density at radius 2 is 1.64 bits per heavy atom. The smallest absolute Gasteiger partial charge is 0.0684 e. The van der Waals surface area contributed by atoms with E-state index < -0.39 is 0 Å². The van der Waals surface area contributed by atoms with E-state index in [0.717, 1.165) is 11.4 Å². The average molecular weight is 299 g/mol. The molecule has 120 valence electrons. The van der Waals surface area contributed by atoms with Gasteiger partial charge in [0.05, 0.1) is 17.4 Å². The molecule has 2 heterocycles. The first-order valence-corrected chi connectivity index (χ1v) is 9.12. The van der Waals surface area contributed by atoms with Crippen LogP contribution >= 0.6 is 0 Å². The molecule has 0 saturated heterocycles. The van der Waals surface area contributed by atoms with Crippen LogP contribution in [0.1, 0.15) is 82.7 Å². The van der Waals surface area contributed by atoms with Gasteiger partial charge in [-0.1, -0.05) is 58.3 Å². The third-order valence-electron chi connectivity index (χ3n) is 5.29. The molecule has 22 heavy (non-hydrogen) atoms. The van der Waals surface area contributed by atoms with E-state index in [1.807, 2.05) is 18.5 Å². The number of rotatable bonds is 1. The second-order valence-electron chi connectivity index (χ2n) is 7.11. The fourth-order valence-corrected chi connectivity index (χ4v) is 3.90. The second kappa shape index (κ2) is 7.75. The molecule has 0 amide bonds. The highest BCUT2D eigenvalue weighted by atomic mass is 15.1. The summed E-state index contributed by atoms with van der Waals surface area (Å²) in [4.78, 5) is 4.72. The van der Waals surface area contributed by atoms with Gasteiger partial charge in [0.1, 0.15) is 0 Å². The lowest BCUT2D eigenvalue weighted by molar-refractivity contribution is 0.406. The van der Waals surface area contributed by atoms with Crippen LogP contribution in [0.15, 0.2) is 18.5 Å².